The Morgan fingerprint density at radius 1 is 1.42 bits per heavy atom. The quantitative estimate of drug-likeness (QED) is 0.759. The molecule has 0 fully saturated rings. The van der Waals surface area contributed by atoms with E-state index in [1.54, 1.807) is 34.6 Å². The van der Waals surface area contributed by atoms with E-state index in [4.69, 9.17) is 8.92 Å². The number of alkyl carbamates (subject to hydrolysis) is 1. The average molecular weight is 293 g/mol. The van der Waals surface area contributed by atoms with Gasteiger partial charge >= 0.3 is 6.09 Å². The van der Waals surface area contributed by atoms with Crippen LogP contribution in [0.4, 0.5) is 4.79 Å². The highest BCUT2D eigenvalue weighted by Gasteiger charge is 2.25. The van der Waals surface area contributed by atoms with Crippen LogP contribution in [-0.2, 0) is 19.0 Å². The van der Waals surface area contributed by atoms with Crippen molar-refractivity contribution < 1.29 is 22.1 Å². The summed E-state index contributed by atoms with van der Waals surface area (Å²) in [6.45, 7) is 11.8. The van der Waals surface area contributed by atoms with E-state index >= 15 is 0 Å². The minimum Gasteiger partial charge on any atom is -0.444 e. The maximum absolute atomic E-state index is 11.6. The number of nitrogens with one attached hydrogen (secondary N) is 1. The van der Waals surface area contributed by atoms with Crippen LogP contribution in [0.1, 0.15) is 41.0 Å². The Labute approximate surface area is 115 Å². The molecule has 0 aliphatic carbocycles. The minimum absolute atomic E-state index is 0.421. The summed E-state index contributed by atoms with van der Waals surface area (Å²) in [6, 6.07) is -0.505. The number of carbonyl (C=O) groups excluding carboxylic acids is 1. The van der Waals surface area contributed by atoms with Crippen molar-refractivity contribution in [2.24, 2.45) is 0 Å². The van der Waals surface area contributed by atoms with Crippen LogP contribution in [0.15, 0.2) is 12.0 Å². The Morgan fingerprint density at radius 3 is 2.32 bits per heavy atom. The molecule has 0 aromatic carbocycles. The first kappa shape index (κ1) is 17.9. The van der Waals surface area contributed by atoms with Gasteiger partial charge in [0.25, 0.3) is 10.1 Å². The van der Waals surface area contributed by atoms with Crippen LogP contribution in [-0.4, -0.2) is 32.3 Å². The zero-order valence-electron chi connectivity index (χ0n) is 12.1. The predicted octanol–water partition coefficient (Wildman–Crippen LogP) is 2.17. The van der Waals surface area contributed by atoms with Crippen LogP contribution >= 0.6 is 0 Å². The number of ether oxygens (including phenoxy) is 1. The third-order valence-corrected chi connectivity index (χ3v) is 3.09. The first-order chi connectivity index (χ1) is 8.50. The van der Waals surface area contributed by atoms with E-state index in [2.05, 4.69) is 11.9 Å². The second-order valence-corrected chi connectivity index (χ2v) is 6.65. The largest absolute Gasteiger partial charge is 0.444 e. The van der Waals surface area contributed by atoms with E-state index in [1.165, 1.54) is 0 Å². The van der Waals surface area contributed by atoms with Crippen molar-refractivity contribution in [1.82, 2.24) is 5.32 Å². The molecule has 1 N–H and O–H groups in total. The fourth-order valence-corrected chi connectivity index (χ4v) is 2.03. The van der Waals surface area contributed by atoms with E-state index in [0.29, 0.717) is 6.42 Å². The van der Waals surface area contributed by atoms with Crippen LogP contribution in [0.2, 0.25) is 0 Å². The van der Waals surface area contributed by atoms with Crippen LogP contribution < -0.4 is 5.32 Å². The van der Waals surface area contributed by atoms with Crippen molar-refractivity contribution in [3.05, 3.63) is 12.0 Å². The zero-order valence-corrected chi connectivity index (χ0v) is 12.9. The second-order valence-electron chi connectivity index (χ2n) is 5.14. The highest BCUT2D eigenvalue weighted by molar-refractivity contribution is 7.89. The first-order valence-corrected chi connectivity index (χ1v) is 7.53. The molecular weight excluding hydrogens is 270 g/mol. The zero-order chi connectivity index (χ0) is 15.3. The molecule has 0 aliphatic rings. The summed E-state index contributed by atoms with van der Waals surface area (Å²) in [5.41, 5.74) is -0.612. The van der Waals surface area contributed by atoms with Crippen LogP contribution in [0.5, 0.6) is 0 Å². The summed E-state index contributed by atoms with van der Waals surface area (Å²) >= 11 is 0. The minimum atomic E-state index is -3.77. The molecule has 0 heterocycles. The molecule has 0 saturated heterocycles. The summed E-state index contributed by atoms with van der Waals surface area (Å²) in [5, 5.41) is 3.28. The molecule has 0 aromatic rings. The molecule has 0 bridgehead atoms. The molecule has 6 nitrogen and oxygen atoms in total. The van der Waals surface area contributed by atoms with Crippen molar-refractivity contribution in [3.8, 4) is 0 Å². The number of hydrogen-bond donors (Lipinski definition) is 1. The molecule has 0 saturated carbocycles. The summed E-state index contributed by atoms with van der Waals surface area (Å²) in [7, 11) is -3.77. The van der Waals surface area contributed by atoms with Gasteiger partial charge < -0.3 is 10.1 Å². The lowest BCUT2D eigenvalue weighted by Crippen LogP contribution is -2.44. The van der Waals surface area contributed by atoms with Gasteiger partial charge in [-0.2, -0.15) is 8.42 Å². The molecule has 0 rings (SSSR count). The Kier molecular flexibility index (Phi) is 6.51. The lowest BCUT2D eigenvalue weighted by Gasteiger charge is -2.25. The number of amides is 1. The van der Waals surface area contributed by atoms with E-state index in [9.17, 15) is 13.2 Å². The van der Waals surface area contributed by atoms with Gasteiger partial charge in [-0.3, -0.25) is 4.18 Å². The van der Waals surface area contributed by atoms with Crippen molar-refractivity contribution in [2.75, 3.05) is 0 Å². The molecule has 0 aliphatic heterocycles. The Hall–Kier alpha value is -1.08. The van der Waals surface area contributed by atoms with Gasteiger partial charge in [0.05, 0.1) is 17.6 Å². The summed E-state index contributed by atoms with van der Waals surface area (Å²) in [5.74, 6) is 0. The molecule has 112 valence electrons. The summed E-state index contributed by atoms with van der Waals surface area (Å²) in [6.07, 6.45) is -0.863. The standard InChI is InChI=1S/C12H23NO5S/c1-7-10(18-19(15,16)8-2)9(3)13-11(14)17-12(4,5)6/h8-10H,2,7H2,1,3-6H3,(H,13,14). The molecule has 1 amide bonds. The second kappa shape index (κ2) is 6.91. The van der Waals surface area contributed by atoms with Gasteiger partial charge in [-0.15, -0.1) is 0 Å². The molecule has 7 heteroatoms. The van der Waals surface area contributed by atoms with Crippen molar-refractivity contribution >= 4 is 16.2 Å². The lowest BCUT2D eigenvalue weighted by atomic mass is 10.1. The van der Waals surface area contributed by atoms with E-state index in [-0.39, 0.29) is 0 Å². The maximum atomic E-state index is 11.6. The van der Waals surface area contributed by atoms with E-state index in [1.807, 2.05) is 0 Å². The molecule has 19 heavy (non-hydrogen) atoms. The van der Waals surface area contributed by atoms with Gasteiger partial charge in [-0.05, 0) is 34.1 Å². The molecule has 0 aromatic heterocycles. The third kappa shape index (κ3) is 7.84. The Bertz CT molecular complexity index is 410. The topological polar surface area (TPSA) is 81.7 Å². The van der Waals surface area contributed by atoms with Crippen LogP contribution in [0, 0.1) is 0 Å². The normalized spacial score (nSPS) is 15.4. The molecule has 0 spiro atoms. The number of hydrogen-bond acceptors (Lipinski definition) is 5. The molecular formula is C12H23NO5S. The predicted molar refractivity (Wildman–Crippen MR) is 73.1 cm³/mol. The van der Waals surface area contributed by atoms with Gasteiger partial charge in [0.1, 0.15) is 5.60 Å². The van der Waals surface area contributed by atoms with Gasteiger partial charge in [-0.1, -0.05) is 13.5 Å². The summed E-state index contributed by atoms with van der Waals surface area (Å²) in [4.78, 5) is 11.6. The highest BCUT2D eigenvalue weighted by atomic mass is 32.2. The fraction of sp³-hybridized carbons (Fsp3) is 0.750. The summed E-state index contributed by atoms with van der Waals surface area (Å²) < 4.78 is 32.6. The molecule has 2 unspecified atom stereocenters. The number of rotatable bonds is 6. The van der Waals surface area contributed by atoms with E-state index < -0.39 is 34.0 Å². The van der Waals surface area contributed by atoms with Gasteiger partial charge in [0.15, 0.2) is 0 Å². The van der Waals surface area contributed by atoms with Crippen molar-refractivity contribution in [2.45, 2.75) is 58.8 Å². The highest BCUT2D eigenvalue weighted by Crippen LogP contribution is 2.11. The Balaban J connectivity index is 4.57. The van der Waals surface area contributed by atoms with E-state index in [0.717, 1.165) is 5.41 Å². The number of carbonyl (C=O) groups is 1. The van der Waals surface area contributed by atoms with Gasteiger partial charge in [0, 0.05) is 0 Å². The van der Waals surface area contributed by atoms with Crippen molar-refractivity contribution in [1.29, 1.82) is 0 Å². The Morgan fingerprint density at radius 2 is 1.95 bits per heavy atom. The molecule has 2 atom stereocenters. The van der Waals surface area contributed by atoms with Gasteiger partial charge in [-0.25, -0.2) is 4.79 Å². The monoisotopic (exact) mass is 293 g/mol. The van der Waals surface area contributed by atoms with Crippen LogP contribution in [0.3, 0.4) is 0 Å². The third-order valence-electron chi connectivity index (χ3n) is 2.17. The fourth-order valence-electron chi connectivity index (χ4n) is 1.30. The van der Waals surface area contributed by atoms with Crippen molar-refractivity contribution in [3.63, 3.8) is 0 Å². The van der Waals surface area contributed by atoms with Gasteiger partial charge in [0.2, 0.25) is 0 Å². The van der Waals surface area contributed by atoms with Crippen LogP contribution in [0.25, 0.3) is 0 Å². The smallest absolute Gasteiger partial charge is 0.407 e. The SMILES string of the molecule is C=CS(=O)(=O)OC(CC)C(C)NC(=O)OC(C)(C)C. The maximum Gasteiger partial charge on any atom is 0.407 e. The lowest BCUT2D eigenvalue weighted by molar-refractivity contribution is 0.0457. The first-order valence-electron chi connectivity index (χ1n) is 6.06. The molecule has 0 radical (unpaired) electrons. The average Bonchev–Trinajstić information content (AvgIpc) is 2.23.